The Morgan fingerprint density at radius 2 is 1.95 bits per heavy atom. The van der Waals surface area contributed by atoms with E-state index in [-0.39, 0.29) is 29.8 Å². The molecule has 2 aliphatic heterocycles. The quantitative estimate of drug-likeness (QED) is 0.794. The molecule has 0 radical (unpaired) electrons. The molecule has 0 spiro atoms. The van der Waals surface area contributed by atoms with Crippen LogP contribution in [0.4, 0.5) is 0 Å². The van der Waals surface area contributed by atoms with Crippen molar-refractivity contribution in [2.75, 3.05) is 7.11 Å². The Balaban J connectivity index is 2.03. The lowest BCUT2D eigenvalue weighted by molar-refractivity contribution is -0.186. The van der Waals surface area contributed by atoms with Crippen LogP contribution >= 0.6 is 0 Å². The van der Waals surface area contributed by atoms with Crippen LogP contribution in [0.15, 0.2) is 42.5 Å². The van der Waals surface area contributed by atoms with Gasteiger partial charge in [0.1, 0.15) is 17.5 Å². The van der Waals surface area contributed by atoms with E-state index in [4.69, 9.17) is 9.47 Å². The minimum Gasteiger partial charge on any atom is -0.373 e. The van der Waals surface area contributed by atoms with Gasteiger partial charge in [-0.3, -0.25) is 4.79 Å². The summed E-state index contributed by atoms with van der Waals surface area (Å²) >= 11 is 0. The fourth-order valence-corrected chi connectivity index (χ4v) is 3.44. The number of rotatable bonds is 3. The van der Waals surface area contributed by atoms with Crippen molar-refractivity contribution in [3.63, 3.8) is 0 Å². The zero-order valence-corrected chi connectivity index (χ0v) is 12.1. The van der Waals surface area contributed by atoms with Gasteiger partial charge in [-0.1, -0.05) is 56.3 Å². The fraction of sp³-hybridized carbons (Fsp3) is 0.471. The smallest absolute Gasteiger partial charge is 0.144 e. The molecule has 2 heterocycles. The van der Waals surface area contributed by atoms with Crippen molar-refractivity contribution in [2.24, 2.45) is 11.8 Å². The predicted octanol–water partition coefficient (Wildman–Crippen LogP) is 2.92. The van der Waals surface area contributed by atoms with Gasteiger partial charge < -0.3 is 9.47 Å². The summed E-state index contributed by atoms with van der Waals surface area (Å²) in [4.78, 5) is 12.5. The van der Waals surface area contributed by atoms with Crippen molar-refractivity contribution in [3.8, 4) is 0 Å². The van der Waals surface area contributed by atoms with E-state index >= 15 is 0 Å². The Morgan fingerprint density at radius 3 is 2.60 bits per heavy atom. The van der Waals surface area contributed by atoms with Crippen molar-refractivity contribution in [2.45, 2.75) is 31.7 Å². The number of fused-ring (bicyclic) bond motifs is 2. The van der Waals surface area contributed by atoms with Gasteiger partial charge in [0.2, 0.25) is 0 Å². The van der Waals surface area contributed by atoms with Crippen molar-refractivity contribution < 1.29 is 14.3 Å². The van der Waals surface area contributed by atoms with E-state index in [0.29, 0.717) is 0 Å². The molecule has 0 aliphatic carbocycles. The molecule has 3 nitrogen and oxygen atoms in total. The second kappa shape index (κ2) is 4.83. The number of methoxy groups -OCH3 is 1. The van der Waals surface area contributed by atoms with Crippen molar-refractivity contribution >= 4 is 5.78 Å². The second-order valence-electron chi connectivity index (χ2n) is 5.73. The maximum atomic E-state index is 12.5. The van der Waals surface area contributed by atoms with E-state index in [1.807, 2.05) is 56.3 Å². The Kier molecular flexibility index (Phi) is 3.27. The monoisotopic (exact) mass is 272 g/mol. The standard InChI is InChI=1S/C17H20O3/c1-11-14-9-10-17(20-14,12(2)15(11)18)16(19-3)13-7-5-4-6-8-13/h4-12,14,16H,1-3H3/t11-,12-,14+,16?,17-/m0/s1. The van der Waals surface area contributed by atoms with Crippen LogP contribution in [-0.4, -0.2) is 24.6 Å². The lowest BCUT2D eigenvalue weighted by atomic mass is 9.75. The van der Waals surface area contributed by atoms with E-state index in [1.54, 1.807) is 7.11 Å². The van der Waals surface area contributed by atoms with E-state index in [9.17, 15) is 4.79 Å². The largest absolute Gasteiger partial charge is 0.373 e. The van der Waals surface area contributed by atoms with Crippen LogP contribution < -0.4 is 0 Å². The summed E-state index contributed by atoms with van der Waals surface area (Å²) in [5.41, 5.74) is 0.360. The average Bonchev–Trinajstić information content (AvgIpc) is 2.89. The minimum absolute atomic E-state index is 0.0786. The number of hydrogen-bond acceptors (Lipinski definition) is 3. The average molecular weight is 272 g/mol. The topological polar surface area (TPSA) is 35.5 Å². The Hall–Kier alpha value is -1.45. The number of ketones is 1. The maximum absolute atomic E-state index is 12.5. The number of ether oxygens (including phenoxy) is 2. The fourth-order valence-electron chi connectivity index (χ4n) is 3.44. The Labute approximate surface area is 119 Å². The Morgan fingerprint density at radius 1 is 1.25 bits per heavy atom. The minimum atomic E-state index is -0.676. The van der Waals surface area contributed by atoms with Crippen LogP contribution in [0.25, 0.3) is 0 Å². The van der Waals surface area contributed by atoms with Crippen molar-refractivity contribution in [3.05, 3.63) is 48.0 Å². The molecular weight excluding hydrogens is 252 g/mol. The van der Waals surface area contributed by atoms with Gasteiger partial charge in [0.15, 0.2) is 0 Å². The van der Waals surface area contributed by atoms with Crippen molar-refractivity contribution in [1.82, 2.24) is 0 Å². The molecule has 1 aromatic carbocycles. The molecule has 1 aromatic rings. The number of carbonyl (C=O) groups is 1. The summed E-state index contributed by atoms with van der Waals surface area (Å²) < 4.78 is 12.0. The molecule has 1 unspecified atom stereocenters. The van der Waals surface area contributed by atoms with Crippen LogP contribution in [0.1, 0.15) is 25.5 Å². The van der Waals surface area contributed by atoms with Gasteiger partial charge >= 0.3 is 0 Å². The predicted molar refractivity (Wildman–Crippen MR) is 76.3 cm³/mol. The SMILES string of the molecule is COC(c1ccccc1)[C@@]12C=C[C@@H](O1)[C@H](C)C(=O)[C@@H]2C. The van der Waals surface area contributed by atoms with E-state index in [1.165, 1.54) is 0 Å². The second-order valence-corrected chi connectivity index (χ2v) is 5.73. The van der Waals surface area contributed by atoms with Crippen LogP contribution in [-0.2, 0) is 14.3 Å². The molecule has 2 aliphatic rings. The molecule has 1 saturated heterocycles. The Bertz CT molecular complexity index is 536. The third-order valence-corrected chi connectivity index (χ3v) is 4.68. The van der Waals surface area contributed by atoms with Gasteiger partial charge in [-0.05, 0) is 5.56 Å². The molecular formula is C17H20O3. The highest BCUT2D eigenvalue weighted by Crippen LogP contribution is 2.49. The van der Waals surface area contributed by atoms with Gasteiger partial charge in [-0.25, -0.2) is 0 Å². The van der Waals surface area contributed by atoms with E-state index in [2.05, 4.69) is 0 Å². The number of Topliss-reactive ketones (excluding diaryl/α,β-unsaturated/α-hetero) is 1. The molecule has 5 atom stereocenters. The van der Waals surface area contributed by atoms with E-state index < -0.39 is 5.60 Å². The zero-order valence-electron chi connectivity index (χ0n) is 12.1. The molecule has 0 aromatic heterocycles. The first-order valence-electron chi connectivity index (χ1n) is 7.09. The zero-order chi connectivity index (χ0) is 14.3. The van der Waals surface area contributed by atoms with Gasteiger partial charge in [0, 0.05) is 13.0 Å². The molecule has 1 fully saturated rings. The number of carbonyl (C=O) groups excluding carboxylic acids is 1. The molecule has 0 amide bonds. The highest BCUT2D eigenvalue weighted by molar-refractivity contribution is 5.87. The van der Waals surface area contributed by atoms with Crippen molar-refractivity contribution in [1.29, 1.82) is 0 Å². The molecule has 0 N–H and O–H groups in total. The third-order valence-electron chi connectivity index (χ3n) is 4.68. The van der Waals surface area contributed by atoms with E-state index in [0.717, 1.165) is 5.56 Å². The summed E-state index contributed by atoms with van der Waals surface area (Å²) in [6, 6.07) is 9.96. The number of hydrogen-bond donors (Lipinski definition) is 0. The summed E-state index contributed by atoms with van der Waals surface area (Å²) in [5.74, 6) is -0.0351. The highest BCUT2D eigenvalue weighted by atomic mass is 16.6. The van der Waals surface area contributed by atoms with Gasteiger partial charge in [0.25, 0.3) is 0 Å². The molecule has 2 bridgehead atoms. The molecule has 3 heteroatoms. The third kappa shape index (κ3) is 1.77. The molecule has 3 rings (SSSR count). The van der Waals surface area contributed by atoms with Crippen LogP contribution in [0.3, 0.4) is 0 Å². The molecule has 20 heavy (non-hydrogen) atoms. The molecule has 106 valence electrons. The maximum Gasteiger partial charge on any atom is 0.144 e. The van der Waals surface area contributed by atoms with Gasteiger partial charge in [-0.15, -0.1) is 0 Å². The number of benzene rings is 1. The first-order valence-corrected chi connectivity index (χ1v) is 7.09. The summed E-state index contributed by atoms with van der Waals surface area (Å²) in [6.07, 6.45) is 3.66. The molecule has 0 saturated carbocycles. The van der Waals surface area contributed by atoms with Crippen LogP contribution in [0, 0.1) is 11.8 Å². The summed E-state index contributed by atoms with van der Waals surface area (Å²) in [5, 5.41) is 0. The summed E-state index contributed by atoms with van der Waals surface area (Å²) in [7, 11) is 1.67. The lowest BCUT2D eigenvalue weighted by Crippen LogP contribution is -2.53. The summed E-state index contributed by atoms with van der Waals surface area (Å²) in [6.45, 7) is 3.88. The van der Waals surface area contributed by atoms with Crippen LogP contribution in [0.5, 0.6) is 0 Å². The normalized spacial score (nSPS) is 37.1. The highest BCUT2D eigenvalue weighted by Gasteiger charge is 2.56. The van der Waals surface area contributed by atoms with Gasteiger partial charge in [-0.2, -0.15) is 0 Å². The van der Waals surface area contributed by atoms with Crippen LogP contribution in [0.2, 0.25) is 0 Å². The first kappa shape index (κ1) is 13.5. The lowest BCUT2D eigenvalue weighted by Gasteiger charge is -2.44. The van der Waals surface area contributed by atoms with Gasteiger partial charge in [0.05, 0.1) is 12.0 Å². The first-order chi connectivity index (χ1) is 9.60.